The second kappa shape index (κ2) is 7.11. The fourth-order valence-electron chi connectivity index (χ4n) is 2.15. The van der Waals surface area contributed by atoms with Gasteiger partial charge in [0.2, 0.25) is 0 Å². The van der Waals surface area contributed by atoms with E-state index in [4.69, 9.17) is 9.68 Å². The summed E-state index contributed by atoms with van der Waals surface area (Å²) in [5, 5.41) is 14.8. The van der Waals surface area contributed by atoms with Crippen molar-refractivity contribution in [1.82, 2.24) is 10.3 Å². The van der Waals surface area contributed by atoms with E-state index in [9.17, 15) is 4.79 Å². The first-order valence-electron chi connectivity index (χ1n) is 7.27. The van der Waals surface area contributed by atoms with Crippen molar-refractivity contribution in [3.63, 3.8) is 0 Å². The average Bonchev–Trinajstić information content (AvgIpc) is 3.13. The molecule has 0 unspecified atom stereocenters. The lowest BCUT2D eigenvalue weighted by atomic mass is 10.2. The lowest BCUT2D eigenvalue weighted by Gasteiger charge is -2.08. The van der Waals surface area contributed by atoms with Crippen LogP contribution in [0.25, 0.3) is 0 Å². The molecule has 0 aliphatic carbocycles. The molecule has 6 nitrogen and oxygen atoms in total. The molecule has 0 radical (unpaired) electrons. The van der Waals surface area contributed by atoms with Crippen molar-refractivity contribution in [3.05, 3.63) is 78.0 Å². The Hall–Kier alpha value is -3.59. The van der Waals surface area contributed by atoms with Crippen LogP contribution < -0.4 is 10.6 Å². The summed E-state index contributed by atoms with van der Waals surface area (Å²) >= 11 is 0. The van der Waals surface area contributed by atoms with Crippen LogP contribution in [0.4, 0.5) is 11.4 Å². The van der Waals surface area contributed by atoms with Crippen LogP contribution in [0, 0.1) is 11.3 Å². The maximum atomic E-state index is 12.2. The highest BCUT2D eigenvalue weighted by Gasteiger charge is 2.08. The van der Waals surface area contributed by atoms with Gasteiger partial charge in [0.15, 0.2) is 0 Å². The van der Waals surface area contributed by atoms with Crippen LogP contribution in [-0.4, -0.2) is 10.9 Å². The van der Waals surface area contributed by atoms with Gasteiger partial charge >= 0.3 is 0 Å². The topological polar surface area (TPSA) is 91.0 Å². The second-order valence-electron chi connectivity index (χ2n) is 5.04. The van der Waals surface area contributed by atoms with Crippen LogP contribution in [0.15, 0.2) is 65.5 Å². The van der Waals surface area contributed by atoms with Gasteiger partial charge in [0, 0.05) is 11.9 Å². The molecule has 6 heteroatoms. The monoisotopic (exact) mass is 318 g/mol. The Balaban J connectivity index is 1.69. The fraction of sp³-hybridized carbons (Fsp3) is 0.0556. The van der Waals surface area contributed by atoms with Gasteiger partial charge in [0.05, 0.1) is 41.9 Å². The Kier molecular flexibility index (Phi) is 4.54. The third-order valence-corrected chi connectivity index (χ3v) is 3.28. The summed E-state index contributed by atoms with van der Waals surface area (Å²) in [6.45, 7) is 0.313. The zero-order valence-electron chi connectivity index (χ0n) is 12.7. The Morgan fingerprint density at radius 1 is 1.17 bits per heavy atom. The average molecular weight is 318 g/mol. The van der Waals surface area contributed by atoms with Gasteiger partial charge in [-0.1, -0.05) is 6.07 Å². The summed E-state index contributed by atoms with van der Waals surface area (Å²) in [4.78, 5) is 16.3. The maximum Gasteiger partial charge on any atom is 0.253 e. The molecule has 0 aliphatic rings. The standard InChI is InChI=1S/C18H14N4O2/c19-9-13-3-1-4-15(7-13)22-16-8-14(10-20-11-16)18(23)21-12-17-5-2-6-24-17/h1-8,10-11,22H,12H2,(H,21,23). The van der Waals surface area contributed by atoms with E-state index in [1.165, 1.54) is 6.20 Å². The lowest BCUT2D eigenvalue weighted by Crippen LogP contribution is -2.22. The zero-order valence-corrected chi connectivity index (χ0v) is 12.7. The predicted molar refractivity (Wildman–Crippen MR) is 88.6 cm³/mol. The first kappa shape index (κ1) is 15.3. The minimum Gasteiger partial charge on any atom is -0.467 e. The fourth-order valence-corrected chi connectivity index (χ4v) is 2.15. The molecule has 1 aromatic carbocycles. The van der Waals surface area contributed by atoms with Crippen molar-refractivity contribution in [2.45, 2.75) is 6.54 Å². The number of furan rings is 1. The molecule has 0 bridgehead atoms. The van der Waals surface area contributed by atoms with E-state index in [0.29, 0.717) is 29.1 Å². The lowest BCUT2D eigenvalue weighted by molar-refractivity contribution is 0.0947. The number of nitrogens with one attached hydrogen (secondary N) is 2. The van der Waals surface area contributed by atoms with Crippen molar-refractivity contribution >= 4 is 17.3 Å². The van der Waals surface area contributed by atoms with Gasteiger partial charge in [0.25, 0.3) is 5.91 Å². The van der Waals surface area contributed by atoms with Crippen LogP contribution in [0.5, 0.6) is 0 Å². The number of pyridine rings is 1. The van der Waals surface area contributed by atoms with Crippen LogP contribution in [0.3, 0.4) is 0 Å². The Morgan fingerprint density at radius 2 is 2.08 bits per heavy atom. The van der Waals surface area contributed by atoms with E-state index in [1.54, 1.807) is 48.9 Å². The molecular weight excluding hydrogens is 304 g/mol. The molecule has 1 amide bonds. The minimum atomic E-state index is -0.242. The molecule has 3 rings (SSSR count). The van der Waals surface area contributed by atoms with E-state index in [-0.39, 0.29) is 5.91 Å². The normalized spacial score (nSPS) is 9.96. The number of rotatable bonds is 5. The largest absolute Gasteiger partial charge is 0.467 e. The molecule has 0 atom stereocenters. The van der Waals surface area contributed by atoms with E-state index >= 15 is 0 Å². The van der Waals surface area contributed by atoms with E-state index in [0.717, 1.165) is 5.69 Å². The second-order valence-corrected chi connectivity index (χ2v) is 5.04. The number of aromatic nitrogens is 1. The van der Waals surface area contributed by atoms with Gasteiger partial charge in [-0.2, -0.15) is 5.26 Å². The van der Waals surface area contributed by atoms with Crippen LogP contribution in [0.1, 0.15) is 21.7 Å². The predicted octanol–water partition coefficient (Wildman–Crippen LogP) is 3.22. The molecule has 0 saturated heterocycles. The summed E-state index contributed by atoms with van der Waals surface area (Å²) in [5.74, 6) is 0.437. The van der Waals surface area contributed by atoms with Gasteiger partial charge in [-0.25, -0.2) is 0 Å². The number of hydrogen-bond acceptors (Lipinski definition) is 5. The summed E-state index contributed by atoms with van der Waals surface area (Å²) < 4.78 is 5.18. The smallest absolute Gasteiger partial charge is 0.253 e. The van der Waals surface area contributed by atoms with Gasteiger partial charge in [-0.15, -0.1) is 0 Å². The molecular formula is C18H14N4O2. The summed E-state index contributed by atoms with van der Waals surface area (Å²) in [5.41, 5.74) is 2.41. The molecule has 24 heavy (non-hydrogen) atoms. The molecule has 2 N–H and O–H groups in total. The number of anilines is 2. The summed E-state index contributed by atoms with van der Waals surface area (Å²) in [6.07, 6.45) is 4.67. The van der Waals surface area contributed by atoms with Crippen molar-refractivity contribution in [3.8, 4) is 6.07 Å². The molecule has 0 spiro atoms. The number of benzene rings is 1. The zero-order chi connectivity index (χ0) is 16.8. The summed E-state index contributed by atoms with van der Waals surface area (Å²) in [6, 6.07) is 14.4. The van der Waals surface area contributed by atoms with Crippen molar-refractivity contribution < 1.29 is 9.21 Å². The molecule has 0 saturated carbocycles. The van der Waals surface area contributed by atoms with Crippen LogP contribution in [0.2, 0.25) is 0 Å². The van der Waals surface area contributed by atoms with E-state index in [2.05, 4.69) is 21.7 Å². The molecule has 3 aromatic rings. The number of carbonyl (C=O) groups excluding carboxylic acids is 1. The number of amides is 1. The quantitative estimate of drug-likeness (QED) is 0.753. The molecule has 2 heterocycles. The number of nitriles is 1. The Labute approximate surface area is 138 Å². The van der Waals surface area contributed by atoms with Gasteiger partial charge in [-0.3, -0.25) is 9.78 Å². The molecule has 118 valence electrons. The van der Waals surface area contributed by atoms with Crippen molar-refractivity contribution in [2.75, 3.05) is 5.32 Å². The van der Waals surface area contributed by atoms with E-state index in [1.807, 2.05) is 6.07 Å². The van der Waals surface area contributed by atoms with Gasteiger partial charge in [0.1, 0.15) is 5.76 Å². The van der Waals surface area contributed by atoms with E-state index < -0.39 is 0 Å². The third-order valence-electron chi connectivity index (χ3n) is 3.28. The highest BCUT2D eigenvalue weighted by atomic mass is 16.3. The SMILES string of the molecule is N#Cc1cccc(Nc2cncc(C(=O)NCc3ccco3)c2)c1. The van der Waals surface area contributed by atoms with Crippen molar-refractivity contribution in [1.29, 1.82) is 5.26 Å². The summed E-state index contributed by atoms with van der Waals surface area (Å²) in [7, 11) is 0. The third kappa shape index (κ3) is 3.78. The highest BCUT2D eigenvalue weighted by Crippen LogP contribution is 2.17. The molecule has 0 fully saturated rings. The molecule has 2 aromatic heterocycles. The number of nitrogens with zero attached hydrogens (tertiary/aromatic N) is 2. The first-order valence-corrected chi connectivity index (χ1v) is 7.27. The number of carbonyl (C=O) groups is 1. The van der Waals surface area contributed by atoms with Gasteiger partial charge in [-0.05, 0) is 36.4 Å². The first-order chi connectivity index (χ1) is 11.7. The Bertz CT molecular complexity index is 882. The number of hydrogen-bond donors (Lipinski definition) is 2. The maximum absolute atomic E-state index is 12.2. The van der Waals surface area contributed by atoms with Crippen molar-refractivity contribution in [2.24, 2.45) is 0 Å². The Morgan fingerprint density at radius 3 is 2.88 bits per heavy atom. The molecule has 0 aliphatic heterocycles. The van der Waals surface area contributed by atoms with Crippen LogP contribution >= 0.6 is 0 Å². The van der Waals surface area contributed by atoms with Crippen LogP contribution in [-0.2, 0) is 6.54 Å². The van der Waals surface area contributed by atoms with Gasteiger partial charge < -0.3 is 15.1 Å². The minimum absolute atomic E-state index is 0.242. The highest BCUT2D eigenvalue weighted by molar-refractivity contribution is 5.94.